The molecule has 116 valence electrons. The van der Waals surface area contributed by atoms with Crippen LogP contribution in [-0.4, -0.2) is 23.9 Å². The molecule has 3 nitrogen and oxygen atoms in total. The van der Waals surface area contributed by atoms with Crippen molar-refractivity contribution in [2.24, 2.45) is 5.73 Å². The van der Waals surface area contributed by atoms with Gasteiger partial charge in [-0.05, 0) is 31.4 Å². The number of hydrogen-bond acceptors (Lipinski definition) is 2. The molecule has 0 radical (unpaired) electrons. The van der Waals surface area contributed by atoms with Crippen LogP contribution in [0.2, 0.25) is 0 Å². The molecule has 2 aromatic carbocycles. The average molecular weight is 296 g/mol. The molecule has 0 saturated heterocycles. The first-order valence-corrected chi connectivity index (χ1v) is 7.73. The molecule has 22 heavy (non-hydrogen) atoms. The van der Waals surface area contributed by atoms with E-state index in [-0.39, 0.29) is 5.91 Å². The van der Waals surface area contributed by atoms with Crippen molar-refractivity contribution < 1.29 is 4.79 Å². The lowest BCUT2D eigenvalue weighted by Gasteiger charge is -2.31. The molecule has 2 rings (SSSR count). The molecule has 0 aromatic heterocycles. The van der Waals surface area contributed by atoms with E-state index in [0.29, 0.717) is 13.1 Å². The smallest absolute Gasteiger partial charge is 0.246 e. The summed E-state index contributed by atoms with van der Waals surface area (Å²) >= 11 is 0. The second-order valence-electron chi connectivity index (χ2n) is 5.69. The van der Waals surface area contributed by atoms with Gasteiger partial charge in [0.05, 0.1) is 0 Å². The zero-order valence-corrected chi connectivity index (χ0v) is 13.3. The summed E-state index contributed by atoms with van der Waals surface area (Å²) in [6, 6.07) is 19.8. The van der Waals surface area contributed by atoms with Crippen molar-refractivity contribution in [2.45, 2.75) is 25.8 Å². The lowest BCUT2D eigenvalue weighted by molar-refractivity contribution is -0.136. The van der Waals surface area contributed by atoms with Gasteiger partial charge in [-0.1, -0.05) is 60.7 Å². The van der Waals surface area contributed by atoms with Gasteiger partial charge >= 0.3 is 0 Å². The maximum atomic E-state index is 12.8. The number of likely N-dealkylation sites (N-methyl/N-ethyl adjacent to an activating group) is 1. The highest BCUT2D eigenvalue weighted by Gasteiger charge is 2.33. The molecule has 0 aliphatic carbocycles. The number of nitrogens with zero attached hydrogens (tertiary/aromatic N) is 1. The van der Waals surface area contributed by atoms with Crippen LogP contribution >= 0.6 is 0 Å². The summed E-state index contributed by atoms with van der Waals surface area (Å²) < 4.78 is 0. The zero-order valence-electron chi connectivity index (χ0n) is 13.3. The van der Waals surface area contributed by atoms with Gasteiger partial charge < -0.3 is 10.6 Å². The van der Waals surface area contributed by atoms with Gasteiger partial charge in [0.25, 0.3) is 0 Å². The normalized spacial score (nSPS) is 13.4. The molecule has 0 bridgehead atoms. The predicted molar refractivity (Wildman–Crippen MR) is 90.4 cm³/mol. The third-order valence-corrected chi connectivity index (χ3v) is 4.00. The number of rotatable bonds is 6. The van der Waals surface area contributed by atoms with Crippen molar-refractivity contribution in [3.05, 3.63) is 71.8 Å². The largest absolute Gasteiger partial charge is 0.341 e. The highest BCUT2D eigenvalue weighted by Crippen LogP contribution is 2.20. The van der Waals surface area contributed by atoms with Crippen molar-refractivity contribution >= 4 is 5.91 Å². The summed E-state index contributed by atoms with van der Waals surface area (Å²) in [4.78, 5) is 14.7. The van der Waals surface area contributed by atoms with Crippen LogP contribution in [-0.2, 0) is 16.8 Å². The van der Waals surface area contributed by atoms with Crippen LogP contribution < -0.4 is 5.73 Å². The Hall–Kier alpha value is -2.13. The monoisotopic (exact) mass is 296 g/mol. The maximum Gasteiger partial charge on any atom is 0.246 e. The van der Waals surface area contributed by atoms with Crippen LogP contribution in [0.4, 0.5) is 0 Å². The zero-order chi connectivity index (χ0) is 16.0. The van der Waals surface area contributed by atoms with Gasteiger partial charge in [0, 0.05) is 13.1 Å². The Labute approximate surface area is 132 Å². The highest BCUT2D eigenvalue weighted by atomic mass is 16.2. The molecule has 3 heteroatoms. The third kappa shape index (κ3) is 3.74. The molecule has 1 atom stereocenters. The van der Waals surface area contributed by atoms with Gasteiger partial charge in [-0.25, -0.2) is 0 Å². The molecule has 0 aliphatic heterocycles. The van der Waals surface area contributed by atoms with E-state index in [9.17, 15) is 4.79 Å². The fourth-order valence-electron chi connectivity index (χ4n) is 2.55. The van der Waals surface area contributed by atoms with E-state index in [2.05, 4.69) is 12.1 Å². The van der Waals surface area contributed by atoms with Gasteiger partial charge in [0.15, 0.2) is 0 Å². The first kappa shape index (κ1) is 16.2. The van der Waals surface area contributed by atoms with Crippen LogP contribution in [0.25, 0.3) is 0 Å². The molecular weight excluding hydrogens is 272 g/mol. The standard InChI is InChI=1S/C19H24N2O/c1-3-21(15-14-16-10-6-4-7-11-16)18(22)19(2,20)17-12-8-5-9-13-17/h4-13H,3,14-15,20H2,1-2H3. The first-order valence-electron chi connectivity index (χ1n) is 7.73. The van der Waals surface area contributed by atoms with E-state index >= 15 is 0 Å². The quantitative estimate of drug-likeness (QED) is 0.891. The van der Waals surface area contributed by atoms with E-state index in [1.165, 1.54) is 5.56 Å². The van der Waals surface area contributed by atoms with Crippen molar-refractivity contribution in [3.8, 4) is 0 Å². The van der Waals surface area contributed by atoms with Crippen LogP contribution in [0.5, 0.6) is 0 Å². The summed E-state index contributed by atoms with van der Waals surface area (Å²) in [5.74, 6) is -0.0304. The minimum atomic E-state index is -0.992. The summed E-state index contributed by atoms with van der Waals surface area (Å²) in [5.41, 5.74) is 7.42. The third-order valence-electron chi connectivity index (χ3n) is 4.00. The second-order valence-corrected chi connectivity index (χ2v) is 5.69. The molecule has 0 heterocycles. The first-order chi connectivity index (χ1) is 10.6. The minimum Gasteiger partial charge on any atom is -0.341 e. The summed E-state index contributed by atoms with van der Waals surface area (Å²) in [5, 5.41) is 0. The predicted octanol–water partition coefficient (Wildman–Crippen LogP) is 2.95. The van der Waals surface area contributed by atoms with E-state index in [4.69, 9.17) is 5.73 Å². The summed E-state index contributed by atoms with van der Waals surface area (Å²) in [7, 11) is 0. The molecule has 0 aliphatic rings. The van der Waals surface area contributed by atoms with Crippen molar-refractivity contribution in [1.82, 2.24) is 4.90 Å². The Morgan fingerprint density at radius 1 is 1.05 bits per heavy atom. The van der Waals surface area contributed by atoms with Crippen molar-refractivity contribution in [2.75, 3.05) is 13.1 Å². The molecule has 0 fully saturated rings. The highest BCUT2D eigenvalue weighted by molar-refractivity contribution is 5.87. The number of carbonyl (C=O) groups is 1. The Morgan fingerprint density at radius 3 is 2.14 bits per heavy atom. The van der Waals surface area contributed by atoms with E-state index in [1.54, 1.807) is 6.92 Å². The Balaban J connectivity index is 2.08. The average Bonchev–Trinajstić information content (AvgIpc) is 2.57. The molecule has 1 amide bonds. The van der Waals surface area contributed by atoms with Gasteiger partial charge in [-0.3, -0.25) is 4.79 Å². The van der Waals surface area contributed by atoms with E-state index < -0.39 is 5.54 Å². The molecule has 1 unspecified atom stereocenters. The Morgan fingerprint density at radius 2 is 1.59 bits per heavy atom. The Kier molecular flexibility index (Phi) is 5.34. The summed E-state index contributed by atoms with van der Waals surface area (Å²) in [6.07, 6.45) is 0.839. The van der Waals surface area contributed by atoms with Crippen LogP contribution in [0.3, 0.4) is 0 Å². The molecular formula is C19H24N2O. The van der Waals surface area contributed by atoms with Crippen molar-refractivity contribution in [3.63, 3.8) is 0 Å². The minimum absolute atomic E-state index is 0.0304. The van der Waals surface area contributed by atoms with Crippen LogP contribution in [0.1, 0.15) is 25.0 Å². The number of hydrogen-bond donors (Lipinski definition) is 1. The summed E-state index contributed by atoms with van der Waals surface area (Å²) in [6.45, 7) is 5.12. The maximum absolute atomic E-state index is 12.8. The van der Waals surface area contributed by atoms with Crippen molar-refractivity contribution in [1.29, 1.82) is 0 Å². The van der Waals surface area contributed by atoms with Gasteiger partial charge in [-0.15, -0.1) is 0 Å². The number of amides is 1. The SMILES string of the molecule is CCN(CCc1ccccc1)C(=O)C(C)(N)c1ccccc1. The van der Waals surface area contributed by atoms with E-state index in [1.807, 2.05) is 60.4 Å². The molecule has 0 saturated carbocycles. The van der Waals surface area contributed by atoms with Gasteiger partial charge in [-0.2, -0.15) is 0 Å². The van der Waals surface area contributed by atoms with Gasteiger partial charge in [0.1, 0.15) is 5.54 Å². The van der Waals surface area contributed by atoms with Crippen LogP contribution in [0, 0.1) is 0 Å². The topological polar surface area (TPSA) is 46.3 Å². The number of benzene rings is 2. The second kappa shape index (κ2) is 7.23. The Bertz CT molecular complexity index is 593. The molecule has 0 spiro atoms. The number of carbonyl (C=O) groups excluding carboxylic acids is 1. The lowest BCUT2D eigenvalue weighted by atomic mass is 9.91. The number of nitrogens with two attached hydrogens (primary N) is 1. The molecule has 2 aromatic rings. The van der Waals surface area contributed by atoms with Gasteiger partial charge in [0.2, 0.25) is 5.91 Å². The molecule has 2 N–H and O–H groups in total. The fourth-order valence-corrected chi connectivity index (χ4v) is 2.55. The lowest BCUT2D eigenvalue weighted by Crippen LogP contribution is -2.51. The fraction of sp³-hybridized carbons (Fsp3) is 0.316. The van der Waals surface area contributed by atoms with E-state index in [0.717, 1.165) is 12.0 Å². The van der Waals surface area contributed by atoms with Crippen LogP contribution in [0.15, 0.2) is 60.7 Å².